The van der Waals surface area contributed by atoms with Crippen LogP contribution in [-0.2, 0) is 4.79 Å². The molecular weight excluding hydrogens is 364 g/mol. The summed E-state index contributed by atoms with van der Waals surface area (Å²) in [7, 11) is 0. The third kappa shape index (κ3) is 4.61. The van der Waals surface area contributed by atoms with Gasteiger partial charge in [0.2, 0.25) is 5.91 Å². The number of carbonyl (C=O) groups excluding carboxylic acids is 1. The summed E-state index contributed by atoms with van der Waals surface area (Å²) in [5.41, 5.74) is 9.18. The molecule has 0 bridgehead atoms. The standard InChI is InChI=1S/C24H30N2O3/c1-16(2)21(19-8-4-5-9-20(19)26-14-6-3-7-15-26)22(23(25)27)17-10-12-18(13-11-17)24(28)29/h4-5,8-13,16,21-22H,3,6-7,14-15H2,1-2H3,(H2,25,27)(H,28,29). The van der Waals surface area contributed by atoms with E-state index in [0.717, 1.165) is 24.2 Å². The molecule has 5 heteroatoms. The molecule has 29 heavy (non-hydrogen) atoms. The number of carboxylic acids is 1. The molecule has 0 aromatic heterocycles. The maximum Gasteiger partial charge on any atom is 0.335 e. The van der Waals surface area contributed by atoms with Gasteiger partial charge in [0, 0.05) is 24.7 Å². The molecule has 2 aromatic rings. The monoisotopic (exact) mass is 394 g/mol. The zero-order valence-electron chi connectivity index (χ0n) is 17.2. The Bertz CT molecular complexity index is 855. The van der Waals surface area contributed by atoms with Crippen molar-refractivity contribution in [3.05, 3.63) is 65.2 Å². The molecule has 1 saturated heterocycles. The molecule has 3 rings (SSSR count). The molecule has 1 aliphatic rings. The molecule has 1 fully saturated rings. The number of benzene rings is 2. The van der Waals surface area contributed by atoms with Gasteiger partial charge in [0.05, 0.1) is 11.5 Å². The average molecular weight is 395 g/mol. The highest BCUT2D eigenvalue weighted by Crippen LogP contribution is 2.43. The Hall–Kier alpha value is -2.82. The molecule has 2 aromatic carbocycles. The number of primary amides is 1. The minimum Gasteiger partial charge on any atom is -0.478 e. The first kappa shape index (κ1) is 20.9. The van der Waals surface area contributed by atoms with Gasteiger partial charge in [-0.25, -0.2) is 4.79 Å². The Balaban J connectivity index is 2.05. The van der Waals surface area contributed by atoms with E-state index >= 15 is 0 Å². The summed E-state index contributed by atoms with van der Waals surface area (Å²) in [4.78, 5) is 26.2. The van der Waals surface area contributed by atoms with Gasteiger partial charge in [-0.2, -0.15) is 0 Å². The number of amides is 1. The maximum atomic E-state index is 12.6. The fraction of sp³-hybridized carbons (Fsp3) is 0.417. The van der Waals surface area contributed by atoms with Crippen molar-refractivity contribution in [2.24, 2.45) is 11.7 Å². The predicted molar refractivity (Wildman–Crippen MR) is 115 cm³/mol. The van der Waals surface area contributed by atoms with Crippen LogP contribution in [0.3, 0.4) is 0 Å². The third-order valence-electron chi connectivity index (χ3n) is 5.89. The lowest BCUT2D eigenvalue weighted by Gasteiger charge is -2.36. The minimum absolute atomic E-state index is 0.0960. The molecule has 1 aliphatic heterocycles. The van der Waals surface area contributed by atoms with Crippen molar-refractivity contribution in [1.29, 1.82) is 0 Å². The molecule has 1 amide bonds. The molecule has 2 atom stereocenters. The quantitative estimate of drug-likeness (QED) is 0.730. The molecule has 3 N–H and O–H groups in total. The first-order chi connectivity index (χ1) is 13.9. The topological polar surface area (TPSA) is 83.6 Å². The highest BCUT2D eigenvalue weighted by molar-refractivity contribution is 5.88. The second kappa shape index (κ2) is 9.12. The van der Waals surface area contributed by atoms with Gasteiger partial charge in [0.1, 0.15) is 0 Å². The number of rotatable bonds is 7. The molecule has 154 valence electrons. The first-order valence-electron chi connectivity index (χ1n) is 10.4. The lowest BCUT2D eigenvalue weighted by atomic mass is 9.74. The number of hydrogen-bond acceptors (Lipinski definition) is 3. The van der Waals surface area contributed by atoms with Gasteiger partial charge < -0.3 is 15.7 Å². The van der Waals surface area contributed by atoms with Crippen molar-refractivity contribution in [3.8, 4) is 0 Å². The van der Waals surface area contributed by atoms with Crippen LogP contribution >= 0.6 is 0 Å². The normalized spacial score (nSPS) is 16.4. The van der Waals surface area contributed by atoms with Gasteiger partial charge in [0.15, 0.2) is 0 Å². The fourth-order valence-corrected chi connectivity index (χ4v) is 4.50. The second-order valence-corrected chi connectivity index (χ2v) is 8.18. The maximum absolute atomic E-state index is 12.6. The Labute approximate surface area is 172 Å². The molecule has 2 unspecified atom stereocenters. The van der Waals surface area contributed by atoms with Crippen LogP contribution in [0, 0.1) is 5.92 Å². The van der Waals surface area contributed by atoms with Crippen LogP contribution in [0.15, 0.2) is 48.5 Å². The van der Waals surface area contributed by atoms with Crippen LogP contribution in [0.4, 0.5) is 5.69 Å². The third-order valence-corrected chi connectivity index (χ3v) is 5.89. The highest BCUT2D eigenvalue weighted by Gasteiger charge is 2.34. The van der Waals surface area contributed by atoms with Crippen molar-refractivity contribution in [1.82, 2.24) is 0 Å². The number of para-hydroxylation sites is 1. The SMILES string of the molecule is CC(C)C(c1ccccc1N1CCCCC1)C(C(N)=O)c1ccc(C(=O)O)cc1. The van der Waals surface area contributed by atoms with E-state index in [1.165, 1.54) is 24.9 Å². The number of hydrogen-bond donors (Lipinski definition) is 2. The van der Waals surface area contributed by atoms with Crippen molar-refractivity contribution in [3.63, 3.8) is 0 Å². The van der Waals surface area contributed by atoms with Crippen LogP contribution < -0.4 is 10.6 Å². The van der Waals surface area contributed by atoms with Crippen molar-refractivity contribution in [2.75, 3.05) is 18.0 Å². The van der Waals surface area contributed by atoms with E-state index < -0.39 is 11.9 Å². The van der Waals surface area contributed by atoms with E-state index in [0.29, 0.717) is 0 Å². The van der Waals surface area contributed by atoms with Crippen molar-refractivity contribution < 1.29 is 14.7 Å². The van der Waals surface area contributed by atoms with Crippen LogP contribution in [0.25, 0.3) is 0 Å². The van der Waals surface area contributed by atoms with Crippen LogP contribution in [0.5, 0.6) is 0 Å². The second-order valence-electron chi connectivity index (χ2n) is 8.18. The van der Waals surface area contributed by atoms with E-state index in [1.807, 2.05) is 12.1 Å². The van der Waals surface area contributed by atoms with Gasteiger partial charge in [-0.15, -0.1) is 0 Å². The molecule has 0 spiro atoms. The number of carboxylic acid groups (broad SMARTS) is 1. The number of anilines is 1. The minimum atomic E-state index is -0.983. The Morgan fingerprint density at radius 1 is 0.966 bits per heavy atom. The van der Waals surface area contributed by atoms with E-state index in [9.17, 15) is 14.7 Å². The van der Waals surface area contributed by atoms with E-state index in [1.54, 1.807) is 24.3 Å². The summed E-state index contributed by atoms with van der Waals surface area (Å²) in [6.45, 7) is 6.27. The molecule has 0 radical (unpaired) electrons. The summed E-state index contributed by atoms with van der Waals surface area (Å²) in [5.74, 6) is -1.81. The number of aromatic carboxylic acids is 1. The van der Waals surface area contributed by atoms with E-state index in [-0.39, 0.29) is 23.3 Å². The van der Waals surface area contributed by atoms with Crippen molar-refractivity contribution >= 4 is 17.6 Å². The summed E-state index contributed by atoms with van der Waals surface area (Å²) in [6.07, 6.45) is 3.61. The van der Waals surface area contributed by atoms with Crippen molar-refractivity contribution in [2.45, 2.75) is 44.9 Å². The summed E-state index contributed by atoms with van der Waals surface area (Å²) in [6, 6.07) is 14.8. The van der Waals surface area contributed by atoms with E-state index in [2.05, 4.69) is 30.9 Å². The van der Waals surface area contributed by atoms with Gasteiger partial charge in [0.25, 0.3) is 0 Å². The number of carbonyl (C=O) groups is 2. The predicted octanol–water partition coefficient (Wildman–Crippen LogP) is 4.38. The Kier molecular flexibility index (Phi) is 6.57. The van der Waals surface area contributed by atoms with Crippen LogP contribution in [0.2, 0.25) is 0 Å². The fourth-order valence-electron chi connectivity index (χ4n) is 4.50. The number of nitrogens with zero attached hydrogens (tertiary/aromatic N) is 1. The molecule has 1 heterocycles. The summed E-state index contributed by atoms with van der Waals surface area (Å²) >= 11 is 0. The van der Waals surface area contributed by atoms with Crippen LogP contribution in [-0.4, -0.2) is 30.1 Å². The summed E-state index contributed by atoms with van der Waals surface area (Å²) < 4.78 is 0. The van der Waals surface area contributed by atoms with Gasteiger partial charge in [-0.3, -0.25) is 4.79 Å². The average Bonchev–Trinajstić information content (AvgIpc) is 2.72. The Morgan fingerprint density at radius 2 is 1.59 bits per heavy atom. The lowest BCUT2D eigenvalue weighted by Crippen LogP contribution is -2.33. The lowest BCUT2D eigenvalue weighted by molar-refractivity contribution is -0.120. The summed E-state index contributed by atoms with van der Waals surface area (Å²) in [5, 5.41) is 9.18. The molecular formula is C24H30N2O3. The van der Waals surface area contributed by atoms with Crippen LogP contribution in [0.1, 0.15) is 66.4 Å². The smallest absolute Gasteiger partial charge is 0.335 e. The highest BCUT2D eigenvalue weighted by atomic mass is 16.4. The number of piperidine rings is 1. The zero-order chi connectivity index (χ0) is 21.0. The Morgan fingerprint density at radius 3 is 2.14 bits per heavy atom. The first-order valence-corrected chi connectivity index (χ1v) is 10.4. The van der Waals surface area contributed by atoms with E-state index in [4.69, 9.17) is 5.73 Å². The molecule has 0 aliphatic carbocycles. The number of nitrogens with two attached hydrogens (primary N) is 1. The molecule has 5 nitrogen and oxygen atoms in total. The van der Waals surface area contributed by atoms with Gasteiger partial charge >= 0.3 is 5.97 Å². The largest absolute Gasteiger partial charge is 0.478 e. The van der Waals surface area contributed by atoms with Gasteiger partial charge in [-0.05, 0) is 54.5 Å². The zero-order valence-corrected chi connectivity index (χ0v) is 17.2. The molecule has 0 saturated carbocycles. The van der Waals surface area contributed by atoms with Gasteiger partial charge in [-0.1, -0.05) is 44.2 Å².